The van der Waals surface area contributed by atoms with Crippen molar-refractivity contribution in [3.05, 3.63) is 82.6 Å². The number of nitrogens with zero attached hydrogens (tertiary/aromatic N) is 2. The normalized spacial score (nSPS) is 14.7. The zero-order chi connectivity index (χ0) is 26.6. The molecule has 10 heteroatoms. The first-order chi connectivity index (χ1) is 17.7. The molecule has 1 aliphatic heterocycles. The summed E-state index contributed by atoms with van der Waals surface area (Å²) in [7, 11) is -4.23. The predicted molar refractivity (Wildman–Crippen MR) is 143 cm³/mol. The van der Waals surface area contributed by atoms with E-state index < -0.39 is 27.9 Å². The molecule has 0 spiro atoms. The molecular formula is C27H25ClN4O4S. The van der Waals surface area contributed by atoms with Crippen LogP contribution in [0.1, 0.15) is 29.7 Å². The summed E-state index contributed by atoms with van der Waals surface area (Å²) in [6, 6.07) is 13.8. The van der Waals surface area contributed by atoms with Gasteiger partial charge in [-0.15, -0.1) is 0 Å². The van der Waals surface area contributed by atoms with E-state index in [1.54, 1.807) is 62.5 Å². The number of para-hydroxylation sites is 2. The average Bonchev–Trinajstić information content (AvgIpc) is 2.86. The number of nitrogens with one attached hydrogen (secondary N) is 2. The maximum atomic E-state index is 14.0. The van der Waals surface area contributed by atoms with Crippen molar-refractivity contribution >= 4 is 44.8 Å². The number of benzene rings is 2. The lowest BCUT2D eigenvalue weighted by atomic mass is 10.1. The standard InChI is InChI=1S/C27H25ClN4O4S/c1-18-16-25(19(2)15-21(18)28)37(35,36)32-23-12-4-3-11-22(23)31-27(34)24(32)17-26(33)30-14-8-6-10-20-9-5-7-13-29-20/h3-5,7,9,11-13,15-16,24H,8,14,17H2,1-2H3,(H,30,33)(H,31,34). The highest BCUT2D eigenvalue weighted by molar-refractivity contribution is 7.93. The van der Waals surface area contributed by atoms with Gasteiger partial charge >= 0.3 is 0 Å². The Balaban J connectivity index is 1.57. The minimum atomic E-state index is -4.23. The molecule has 3 aromatic rings. The Hall–Kier alpha value is -3.87. The third kappa shape index (κ3) is 5.77. The molecule has 0 bridgehead atoms. The van der Waals surface area contributed by atoms with Crippen molar-refractivity contribution in [3.8, 4) is 11.8 Å². The zero-order valence-electron chi connectivity index (χ0n) is 20.3. The van der Waals surface area contributed by atoms with Gasteiger partial charge in [0.2, 0.25) is 11.8 Å². The molecule has 1 unspecified atom stereocenters. The van der Waals surface area contributed by atoms with E-state index in [0.29, 0.717) is 34.0 Å². The molecule has 1 atom stereocenters. The Morgan fingerprint density at radius 3 is 2.65 bits per heavy atom. The third-order valence-electron chi connectivity index (χ3n) is 5.81. The van der Waals surface area contributed by atoms with Crippen LogP contribution in [-0.2, 0) is 19.6 Å². The number of fused-ring (bicyclic) bond motifs is 1. The summed E-state index contributed by atoms with van der Waals surface area (Å²) in [5.74, 6) is 4.78. The van der Waals surface area contributed by atoms with Gasteiger partial charge in [0.1, 0.15) is 11.7 Å². The molecule has 0 saturated carbocycles. The van der Waals surface area contributed by atoms with E-state index in [4.69, 9.17) is 11.6 Å². The van der Waals surface area contributed by atoms with E-state index in [0.717, 1.165) is 4.31 Å². The molecule has 0 radical (unpaired) electrons. The fourth-order valence-corrected chi connectivity index (χ4v) is 6.12. The average molecular weight is 537 g/mol. The second-order valence-corrected chi connectivity index (χ2v) is 10.7. The Labute approximate surface area is 221 Å². The van der Waals surface area contributed by atoms with E-state index in [1.165, 1.54) is 6.07 Å². The van der Waals surface area contributed by atoms with Crippen LogP contribution in [0.15, 0.2) is 65.7 Å². The predicted octanol–water partition coefficient (Wildman–Crippen LogP) is 3.82. The van der Waals surface area contributed by atoms with E-state index >= 15 is 0 Å². The molecule has 190 valence electrons. The van der Waals surface area contributed by atoms with Crippen LogP contribution in [0.25, 0.3) is 0 Å². The smallest absolute Gasteiger partial charge is 0.265 e. The number of aromatic nitrogens is 1. The van der Waals surface area contributed by atoms with Gasteiger partial charge in [-0.05, 0) is 67.3 Å². The van der Waals surface area contributed by atoms with Crippen LogP contribution in [0.2, 0.25) is 5.02 Å². The summed E-state index contributed by atoms with van der Waals surface area (Å²) < 4.78 is 28.9. The SMILES string of the molecule is Cc1cc(S(=O)(=O)N2c3ccccc3NC(=O)C2CC(=O)NCCC#Cc2ccccn2)c(C)cc1Cl. The Bertz CT molecular complexity index is 1510. The number of hydrogen-bond acceptors (Lipinski definition) is 5. The summed E-state index contributed by atoms with van der Waals surface area (Å²) in [6.45, 7) is 3.59. The number of carbonyl (C=O) groups excluding carboxylic acids is 2. The first-order valence-corrected chi connectivity index (χ1v) is 13.4. The van der Waals surface area contributed by atoms with Gasteiger partial charge in [0.25, 0.3) is 10.0 Å². The van der Waals surface area contributed by atoms with Crippen LogP contribution in [0.4, 0.5) is 11.4 Å². The molecule has 0 saturated heterocycles. The van der Waals surface area contributed by atoms with Crippen molar-refractivity contribution in [2.45, 2.75) is 37.6 Å². The van der Waals surface area contributed by atoms with Gasteiger partial charge in [0.05, 0.1) is 22.7 Å². The van der Waals surface area contributed by atoms with Crippen LogP contribution in [-0.4, -0.2) is 37.8 Å². The number of aryl methyl sites for hydroxylation is 2. The van der Waals surface area contributed by atoms with Gasteiger partial charge in [-0.1, -0.05) is 35.7 Å². The molecule has 2 amide bonds. The molecule has 1 aliphatic rings. The molecule has 37 heavy (non-hydrogen) atoms. The number of halogens is 1. The van der Waals surface area contributed by atoms with E-state index in [2.05, 4.69) is 27.5 Å². The highest BCUT2D eigenvalue weighted by Crippen LogP contribution is 2.38. The number of carbonyl (C=O) groups is 2. The molecule has 2 heterocycles. The Morgan fingerprint density at radius 2 is 1.89 bits per heavy atom. The van der Waals surface area contributed by atoms with E-state index in [1.807, 2.05) is 6.07 Å². The minimum absolute atomic E-state index is 0.0223. The first-order valence-electron chi connectivity index (χ1n) is 11.6. The van der Waals surface area contributed by atoms with Gasteiger partial charge in [-0.25, -0.2) is 13.4 Å². The fraction of sp³-hybridized carbons (Fsp3) is 0.222. The second-order valence-electron chi connectivity index (χ2n) is 8.51. The molecule has 4 rings (SSSR count). The van der Waals surface area contributed by atoms with Crippen LogP contribution in [0.3, 0.4) is 0 Å². The van der Waals surface area contributed by atoms with Crippen molar-refractivity contribution in [1.82, 2.24) is 10.3 Å². The number of rotatable bonds is 6. The van der Waals surface area contributed by atoms with Crippen LogP contribution >= 0.6 is 11.6 Å². The van der Waals surface area contributed by atoms with Crippen molar-refractivity contribution < 1.29 is 18.0 Å². The largest absolute Gasteiger partial charge is 0.355 e. The summed E-state index contributed by atoms with van der Waals surface area (Å²) in [5, 5.41) is 5.88. The first kappa shape index (κ1) is 26.2. The maximum absolute atomic E-state index is 14.0. The van der Waals surface area contributed by atoms with E-state index in [9.17, 15) is 18.0 Å². The van der Waals surface area contributed by atoms with Gasteiger partial charge in [-0.3, -0.25) is 13.9 Å². The van der Waals surface area contributed by atoms with Crippen molar-refractivity contribution in [3.63, 3.8) is 0 Å². The lowest BCUT2D eigenvalue weighted by Crippen LogP contribution is -2.52. The Morgan fingerprint density at radius 1 is 1.14 bits per heavy atom. The quantitative estimate of drug-likeness (QED) is 0.368. The number of hydrogen-bond donors (Lipinski definition) is 2. The van der Waals surface area contributed by atoms with Crippen LogP contribution < -0.4 is 14.9 Å². The summed E-state index contributed by atoms with van der Waals surface area (Å²) in [4.78, 5) is 30.0. The Kier molecular flexibility index (Phi) is 7.81. The van der Waals surface area contributed by atoms with Gasteiger partial charge < -0.3 is 10.6 Å². The summed E-state index contributed by atoms with van der Waals surface area (Å²) in [5.41, 5.74) is 2.28. The molecule has 2 N–H and O–H groups in total. The highest BCUT2D eigenvalue weighted by atomic mass is 35.5. The molecular weight excluding hydrogens is 512 g/mol. The lowest BCUT2D eigenvalue weighted by molar-refractivity contribution is -0.125. The van der Waals surface area contributed by atoms with Crippen LogP contribution in [0.5, 0.6) is 0 Å². The molecule has 0 aliphatic carbocycles. The monoisotopic (exact) mass is 536 g/mol. The van der Waals surface area contributed by atoms with Gasteiger partial charge in [0, 0.05) is 24.2 Å². The number of amides is 2. The van der Waals surface area contributed by atoms with Gasteiger partial charge in [-0.2, -0.15) is 0 Å². The lowest BCUT2D eigenvalue weighted by Gasteiger charge is -2.37. The fourth-order valence-electron chi connectivity index (χ4n) is 3.97. The molecule has 1 aromatic heterocycles. The number of anilines is 2. The molecule has 0 fully saturated rings. The topological polar surface area (TPSA) is 108 Å². The van der Waals surface area contributed by atoms with Crippen molar-refractivity contribution in [1.29, 1.82) is 0 Å². The zero-order valence-corrected chi connectivity index (χ0v) is 21.9. The number of sulfonamides is 1. The van der Waals surface area contributed by atoms with Crippen LogP contribution in [0, 0.1) is 25.7 Å². The van der Waals surface area contributed by atoms with Gasteiger partial charge in [0.15, 0.2) is 0 Å². The maximum Gasteiger partial charge on any atom is 0.265 e. The highest BCUT2D eigenvalue weighted by Gasteiger charge is 2.42. The summed E-state index contributed by atoms with van der Waals surface area (Å²) >= 11 is 6.19. The molecule has 8 nitrogen and oxygen atoms in total. The van der Waals surface area contributed by atoms with E-state index in [-0.39, 0.29) is 23.5 Å². The summed E-state index contributed by atoms with van der Waals surface area (Å²) in [6.07, 6.45) is 1.65. The van der Waals surface area contributed by atoms with Crippen molar-refractivity contribution in [2.75, 3.05) is 16.2 Å². The third-order valence-corrected chi connectivity index (χ3v) is 8.18. The molecule has 2 aromatic carbocycles. The number of pyridine rings is 1. The van der Waals surface area contributed by atoms with Crippen molar-refractivity contribution in [2.24, 2.45) is 0 Å². The second kappa shape index (κ2) is 11.0. The minimum Gasteiger partial charge on any atom is -0.355 e.